The van der Waals surface area contributed by atoms with Gasteiger partial charge in [0, 0.05) is 24.0 Å². The van der Waals surface area contributed by atoms with Gasteiger partial charge in [-0.25, -0.2) is 0 Å². The third kappa shape index (κ3) is 2.85. The van der Waals surface area contributed by atoms with Crippen LogP contribution in [0.15, 0.2) is 24.3 Å². The van der Waals surface area contributed by atoms with Crippen LogP contribution in [0.25, 0.3) is 0 Å². The van der Waals surface area contributed by atoms with Crippen molar-refractivity contribution in [1.82, 2.24) is 4.90 Å². The average Bonchev–Trinajstić information content (AvgIpc) is 3.16. The Morgan fingerprint density at radius 3 is 2.70 bits per heavy atom. The second-order valence-corrected chi connectivity index (χ2v) is 7.57. The van der Waals surface area contributed by atoms with Crippen LogP contribution in [0.2, 0.25) is 5.02 Å². The summed E-state index contributed by atoms with van der Waals surface area (Å²) in [6.07, 6.45) is 1.37. The fraction of sp³-hybridized carbons (Fsp3) is 0.556. The van der Waals surface area contributed by atoms with E-state index in [1.807, 2.05) is 38.1 Å². The maximum Gasteiger partial charge on any atom is 0.311 e. The molecule has 1 aliphatic heterocycles. The van der Waals surface area contributed by atoms with E-state index >= 15 is 0 Å². The van der Waals surface area contributed by atoms with Gasteiger partial charge in [-0.2, -0.15) is 0 Å². The topological polar surface area (TPSA) is 57.6 Å². The summed E-state index contributed by atoms with van der Waals surface area (Å²) >= 11 is 6.02. The Labute approximate surface area is 141 Å². The molecule has 1 N–H and O–H groups in total. The Kier molecular flexibility index (Phi) is 4.13. The highest BCUT2D eigenvalue weighted by atomic mass is 35.5. The molecule has 23 heavy (non-hydrogen) atoms. The fourth-order valence-electron chi connectivity index (χ4n) is 3.72. The molecule has 5 heteroatoms. The molecule has 2 aliphatic rings. The smallest absolute Gasteiger partial charge is 0.311 e. The number of carboxylic acids is 1. The van der Waals surface area contributed by atoms with Gasteiger partial charge in [0.05, 0.1) is 5.41 Å². The first-order valence-electron chi connectivity index (χ1n) is 8.13. The average molecular weight is 336 g/mol. The Bertz CT molecular complexity index is 645. The number of benzene rings is 1. The van der Waals surface area contributed by atoms with Crippen molar-refractivity contribution in [3.63, 3.8) is 0 Å². The number of carbonyl (C=O) groups excluding carboxylic acids is 1. The summed E-state index contributed by atoms with van der Waals surface area (Å²) in [5.41, 5.74) is 0.305. The Balaban J connectivity index is 1.68. The van der Waals surface area contributed by atoms with Crippen molar-refractivity contribution < 1.29 is 14.7 Å². The summed E-state index contributed by atoms with van der Waals surface area (Å²) in [6, 6.07) is 7.65. The predicted molar refractivity (Wildman–Crippen MR) is 88.4 cm³/mol. The van der Waals surface area contributed by atoms with Crippen molar-refractivity contribution in [3.8, 4) is 0 Å². The first-order chi connectivity index (χ1) is 10.8. The lowest BCUT2D eigenvalue weighted by Crippen LogP contribution is -2.41. The van der Waals surface area contributed by atoms with Gasteiger partial charge >= 0.3 is 5.97 Å². The number of hydrogen-bond donors (Lipinski definition) is 1. The van der Waals surface area contributed by atoms with Gasteiger partial charge in [0.15, 0.2) is 0 Å². The molecule has 1 aliphatic carbocycles. The lowest BCUT2D eigenvalue weighted by molar-refractivity contribution is -0.151. The lowest BCUT2D eigenvalue weighted by atomic mass is 9.76. The largest absolute Gasteiger partial charge is 0.481 e. The van der Waals surface area contributed by atoms with E-state index in [2.05, 4.69) is 0 Å². The van der Waals surface area contributed by atoms with Crippen molar-refractivity contribution in [2.45, 2.75) is 32.6 Å². The standard InChI is InChI=1S/C18H22ClNO3/c1-11(2)18(17(22)23)6-7-20(10-18)16(21)15-9-14(15)12-4-3-5-13(19)8-12/h3-5,8,11,14-15H,6-7,9-10H2,1-2H3,(H,22,23). The Morgan fingerprint density at radius 2 is 2.13 bits per heavy atom. The summed E-state index contributed by atoms with van der Waals surface area (Å²) < 4.78 is 0. The molecule has 3 unspecified atom stereocenters. The monoisotopic (exact) mass is 335 g/mol. The number of aliphatic carboxylic acids is 1. The number of carboxylic acid groups (broad SMARTS) is 1. The zero-order valence-corrected chi connectivity index (χ0v) is 14.2. The van der Waals surface area contributed by atoms with E-state index in [0.29, 0.717) is 24.5 Å². The number of hydrogen-bond acceptors (Lipinski definition) is 2. The van der Waals surface area contributed by atoms with E-state index in [9.17, 15) is 14.7 Å². The quantitative estimate of drug-likeness (QED) is 0.917. The normalized spacial score (nSPS) is 29.8. The van der Waals surface area contributed by atoms with E-state index in [1.165, 1.54) is 0 Å². The number of likely N-dealkylation sites (tertiary alicyclic amines) is 1. The van der Waals surface area contributed by atoms with E-state index in [0.717, 1.165) is 12.0 Å². The molecular weight excluding hydrogens is 314 g/mol. The highest BCUT2D eigenvalue weighted by Crippen LogP contribution is 2.50. The van der Waals surface area contributed by atoms with Gasteiger partial charge in [-0.1, -0.05) is 37.6 Å². The molecule has 3 rings (SSSR count). The first kappa shape index (κ1) is 16.3. The lowest BCUT2D eigenvalue weighted by Gasteiger charge is -2.28. The third-order valence-electron chi connectivity index (χ3n) is 5.53. The number of amides is 1. The molecular formula is C18H22ClNO3. The van der Waals surface area contributed by atoms with Gasteiger partial charge in [0.25, 0.3) is 0 Å². The summed E-state index contributed by atoms with van der Waals surface area (Å²) in [5, 5.41) is 10.3. The molecule has 2 fully saturated rings. The molecule has 1 saturated carbocycles. The van der Waals surface area contributed by atoms with Gasteiger partial charge in [-0.3, -0.25) is 9.59 Å². The zero-order chi connectivity index (χ0) is 16.8. The predicted octanol–water partition coefficient (Wildman–Crippen LogP) is 3.40. The Morgan fingerprint density at radius 1 is 1.39 bits per heavy atom. The first-order valence-corrected chi connectivity index (χ1v) is 8.50. The molecule has 0 bridgehead atoms. The number of nitrogens with zero attached hydrogens (tertiary/aromatic N) is 1. The highest BCUT2D eigenvalue weighted by Gasteiger charge is 2.52. The van der Waals surface area contributed by atoms with E-state index in [-0.39, 0.29) is 23.7 Å². The molecule has 0 aromatic heterocycles. The minimum absolute atomic E-state index is 0.0146. The van der Waals surface area contributed by atoms with Crippen molar-refractivity contribution >= 4 is 23.5 Å². The van der Waals surface area contributed by atoms with Crippen LogP contribution in [0, 0.1) is 17.3 Å². The molecule has 1 aromatic carbocycles. The summed E-state index contributed by atoms with van der Waals surface area (Å²) in [4.78, 5) is 26.2. The van der Waals surface area contributed by atoms with Gasteiger partial charge in [0.2, 0.25) is 5.91 Å². The minimum atomic E-state index is -0.796. The number of carbonyl (C=O) groups is 2. The Hall–Kier alpha value is -1.55. The summed E-state index contributed by atoms with van der Waals surface area (Å²) in [5.74, 6) is -0.477. The van der Waals surface area contributed by atoms with Crippen LogP contribution in [0.3, 0.4) is 0 Å². The fourth-order valence-corrected chi connectivity index (χ4v) is 3.92. The molecule has 3 atom stereocenters. The van der Waals surface area contributed by atoms with Crippen molar-refractivity contribution in [1.29, 1.82) is 0 Å². The van der Waals surface area contributed by atoms with E-state index < -0.39 is 11.4 Å². The van der Waals surface area contributed by atoms with Crippen LogP contribution in [-0.2, 0) is 9.59 Å². The molecule has 1 saturated heterocycles. The molecule has 1 heterocycles. The van der Waals surface area contributed by atoms with Gasteiger partial charge in [-0.15, -0.1) is 0 Å². The van der Waals surface area contributed by atoms with Gasteiger partial charge in [0.1, 0.15) is 0 Å². The van der Waals surface area contributed by atoms with Gasteiger partial charge in [-0.05, 0) is 42.4 Å². The molecule has 0 radical (unpaired) electrons. The van der Waals surface area contributed by atoms with Crippen molar-refractivity contribution in [2.24, 2.45) is 17.3 Å². The van der Waals surface area contributed by atoms with Crippen molar-refractivity contribution in [2.75, 3.05) is 13.1 Å². The second kappa shape index (κ2) is 5.82. The molecule has 4 nitrogen and oxygen atoms in total. The second-order valence-electron chi connectivity index (χ2n) is 7.13. The molecule has 0 spiro atoms. The van der Waals surface area contributed by atoms with Crippen LogP contribution in [0.4, 0.5) is 0 Å². The van der Waals surface area contributed by atoms with Crippen LogP contribution in [0.5, 0.6) is 0 Å². The highest BCUT2D eigenvalue weighted by molar-refractivity contribution is 6.30. The van der Waals surface area contributed by atoms with Crippen LogP contribution >= 0.6 is 11.6 Å². The zero-order valence-electron chi connectivity index (χ0n) is 13.5. The maximum absolute atomic E-state index is 12.7. The molecule has 1 aromatic rings. The number of halogens is 1. The SMILES string of the molecule is CC(C)C1(C(=O)O)CCN(C(=O)C2CC2c2cccc(Cl)c2)C1. The summed E-state index contributed by atoms with van der Waals surface area (Å²) in [7, 11) is 0. The molecule has 1 amide bonds. The number of rotatable bonds is 4. The minimum Gasteiger partial charge on any atom is -0.481 e. The van der Waals surface area contributed by atoms with E-state index in [1.54, 1.807) is 4.90 Å². The van der Waals surface area contributed by atoms with Crippen LogP contribution in [0.1, 0.15) is 38.2 Å². The van der Waals surface area contributed by atoms with Crippen molar-refractivity contribution in [3.05, 3.63) is 34.9 Å². The van der Waals surface area contributed by atoms with Gasteiger partial charge < -0.3 is 10.0 Å². The van der Waals surface area contributed by atoms with E-state index in [4.69, 9.17) is 11.6 Å². The van der Waals surface area contributed by atoms with Crippen LogP contribution < -0.4 is 0 Å². The summed E-state index contributed by atoms with van der Waals surface area (Å²) in [6.45, 7) is 4.72. The third-order valence-corrected chi connectivity index (χ3v) is 5.76. The maximum atomic E-state index is 12.7. The molecule has 124 valence electrons. The van der Waals surface area contributed by atoms with Crippen LogP contribution in [-0.4, -0.2) is 35.0 Å².